The third-order valence-corrected chi connectivity index (χ3v) is 4.07. The lowest BCUT2D eigenvalue weighted by Gasteiger charge is -2.03. The molecule has 2 rings (SSSR count). The summed E-state index contributed by atoms with van der Waals surface area (Å²) in [6.45, 7) is 2.41. The van der Waals surface area contributed by atoms with Crippen LogP contribution in [0.15, 0.2) is 24.3 Å². The van der Waals surface area contributed by atoms with Crippen LogP contribution in [0.25, 0.3) is 0 Å². The zero-order chi connectivity index (χ0) is 14.5. The number of hydrogen-bond acceptors (Lipinski definition) is 4. The van der Waals surface area contributed by atoms with Crippen molar-refractivity contribution in [3.63, 3.8) is 0 Å². The Hall–Kier alpha value is -1.53. The van der Waals surface area contributed by atoms with Gasteiger partial charge in [0.15, 0.2) is 0 Å². The molecule has 0 saturated heterocycles. The molecule has 2 N–H and O–H groups in total. The van der Waals surface area contributed by atoms with Gasteiger partial charge in [0, 0.05) is 0 Å². The number of nitrogens with zero attached hydrogens (tertiary/aromatic N) is 1. The lowest BCUT2D eigenvalue weighted by molar-refractivity contribution is 0.305. The standard InChI is InChI=1S/C14H15FN2OS2/c1-2-3-11-13(14(16)19)20-12(17-11)8-18-10-6-4-9(15)5-7-10/h4-7H,2-3,8H2,1H3,(H2,16,19). The Labute approximate surface area is 126 Å². The maximum Gasteiger partial charge on any atom is 0.140 e. The van der Waals surface area contributed by atoms with Gasteiger partial charge < -0.3 is 10.5 Å². The van der Waals surface area contributed by atoms with Crippen molar-refractivity contribution < 1.29 is 9.13 Å². The van der Waals surface area contributed by atoms with E-state index < -0.39 is 0 Å². The van der Waals surface area contributed by atoms with E-state index >= 15 is 0 Å². The van der Waals surface area contributed by atoms with Crippen molar-refractivity contribution in [1.29, 1.82) is 0 Å². The topological polar surface area (TPSA) is 48.1 Å². The summed E-state index contributed by atoms with van der Waals surface area (Å²) in [5.41, 5.74) is 6.63. The quantitative estimate of drug-likeness (QED) is 0.830. The van der Waals surface area contributed by atoms with Gasteiger partial charge in [-0.2, -0.15) is 0 Å². The third-order valence-electron chi connectivity index (χ3n) is 2.63. The highest BCUT2D eigenvalue weighted by Crippen LogP contribution is 2.22. The summed E-state index contributed by atoms with van der Waals surface area (Å²) in [6.07, 6.45) is 1.83. The van der Waals surface area contributed by atoms with Gasteiger partial charge in [-0.05, 0) is 30.7 Å². The highest BCUT2D eigenvalue weighted by Gasteiger charge is 2.13. The molecule has 0 spiro atoms. The van der Waals surface area contributed by atoms with Crippen molar-refractivity contribution in [3.8, 4) is 5.75 Å². The van der Waals surface area contributed by atoms with E-state index in [1.54, 1.807) is 12.1 Å². The van der Waals surface area contributed by atoms with E-state index in [1.165, 1.54) is 23.5 Å². The van der Waals surface area contributed by atoms with Gasteiger partial charge in [-0.3, -0.25) is 0 Å². The van der Waals surface area contributed by atoms with Gasteiger partial charge in [-0.15, -0.1) is 11.3 Å². The molecule has 0 atom stereocenters. The van der Waals surface area contributed by atoms with E-state index in [2.05, 4.69) is 11.9 Å². The molecule has 0 radical (unpaired) electrons. The van der Waals surface area contributed by atoms with Gasteiger partial charge in [-0.25, -0.2) is 9.37 Å². The van der Waals surface area contributed by atoms with Gasteiger partial charge in [0.1, 0.15) is 28.2 Å². The van der Waals surface area contributed by atoms with E-state index in [1.807, 2.05) is 0 Å². The molecule has 0 aliphatic rings. The monoisotopic (exact) mass is 310 g/mol. The van der Waals surface area contributed by atoms with Crippen LogP contribution in [0, 0.1) is 5.82 Å². The lowest BCUT2D eigenvalue weighted by atomic mass is 10.2. The number of aromatic nitrogens is 1. The molecule has 0 bridgehead atoms. The van der Waals surface area contributed by atoms with Crippen molar-refractivity contribution in [2.75, 3.05) is 0 Å². The Bertz CT molecular complexity index is 596. The molecule has 6 heteroatoms. The smallest absolute Gasteiger partial charge is 0.140 e. The van der Waals surface area contributed by atoms with Gasteiger partial charge in [0.05, 0.1) is 10.6 Å². The van der Waals surface area contributed by atoms with Gasteiger partial charge >= 0.3 is 0 Å². The summed E-state index contributed by atoms with van der Waals surface area (Å²) in [5.74, 6) is 0.322. The van der Waals surface area contributed by atoms with Gasteiger partial charge in [-0.1, -0.05) is 25.6 Å². The maximum absolute atomic E-state index is 12.8. The molecule has 3 nitrogen and oxygen atoms in total. The number of rotatable bonds is 6. The normalized spacial score (nSPS) is 10.5. The Morgan fingerprint density at radius 2 is 2.10 bits per heavy atom. The molecule has 0 saturated carbocycles. The van der Waals surface area contributed by atoms with E-state index in [-0.39, 0.29) is 5.82 Å². The van der Waals surface area contributed by atoms with Crippen LogP contribution in [0.4, 0.5) is 4.39 Å². The number of thiazole rings is 1. The molecule has 0 amide bonds. The average Bonchev–Trinajstić information content (AvgIpc) is 2.82. The molecule has 0 aliphatic heterocycles. The first-order valence-corrected chi connectivity index (χ1v) is 7.49. The number of benzene rings is 1. The molecule has 1 aromatic heterocycles. The number of ether oxygens (including phenoxy) is 1. The van der Waals surface area contributed by atoms with Crippen molar-refractivity contribution >= 4 is 28.5 Å². The number of halogens is 1. The largest absolute Gasteiger partial charge is 0.486 e. The lowest BCUT2D eigenvalue weighted by Crippen LogP contribution is -2.09. The van der Waals surface area contributed by atoms with E-state index in [0.717, 1.165) is 28.4 Å². The Morgan fingerprint density at radius 1 is 1.40 bits per heavy atom. The summed E-state index contributed by atoms with van der Waals surface area (Å²) >= 11 is 6.49. The predicted octanol–water partition coefficient (Wildman–Crippen LogP) is 3.45. The van der Waals surface area contributed by atoms with Crippen molar-refractivity contribution in [2.24, 2.45) is 5.73 Å². The number of hydrogen-bond donors (Lipinski definition) is 1. The minimum absolute atomic E-state index is 0.285. The first kappa shape index (κ1) is 14.9. The highest BCUT2D eigenvalue weighted by molar-refractivity contribution is 7.81. The molecule has 0 unspecified atom stereocenters. The second-order valence-corrected chi connectivity index (χ2v) is 5.76. The third kappa shape index (κ3) is 3.74. The van der Waals surface area contributed by atoms with E-state index in [4.69, 9.17) is 22.7 Å². The fourth-order valence-electron chi connectivity index (χ4n) is 1.74. The van der Waals surface area contributed by atoms with Crippen molar-refractivity contribution in [2.45, 2.75) is 26.4 Å². The number of thiocarbonyl (C=S) groups is 1. The molecule has 0 fully saturated rings. The van der Waals surface area contributed by atoms with Crippen LogP contribution in [0.1, 0.15) is 28.9 Å². The van der Waals surface area contributed by atoms with Gasteiger partial charge in [0.25, 0.3) is 0 Å². The Morgan fingerprint density at radius 3 is 2.70 bits per heavy atom. The summed E-state index contributed by atoms with van der Waals surface area (Å²) in [4.78, 5) is 5.74. The first-order valence-electron chi connectivity index (χ1n) is 6.27. The van der Waals surface area contributed by atoms with Crippen LogP contribution in [0.3, 0.4) is 0 Å². The summed E-state index contributed by atoms with van der Waals surface area (Å²) in [5, 5.41) is 0.820. The molecule has 1 heterocycles. The zero-order valence-corrected chi connectivity index (χ0v) is 12.7. The van der Waals surface area contributed by atoms with Crippen molar-refractivity contribution in [3.05, 3.63) is 45.7 Å². The number of nitrogens with two attached hydrogens (primary N) is 1. The fourth-order valence-corrected chi connectivity index (χ4v) is 2.86. The van der Waals surface area contributed by atoms with Gasteiger partial charge in [0.2, 0.25) is 0 Å². The predicted molar refractivity (Wildman–Crippen MR) is 82.7 cm³/mol. The Kier molecular flexibility index (Phi) is 5.03. The molecule has 106 valence electrons. The second kappa shape index (κ2) is 6.76. The summed E-state index contributed by atoms with van der Waals surface area (Å²) in [6, 6.07) is 5.90. The number of aryl methyl sites for hydroxylation is 1. The zero-order valence-electron chi connectivity index (χ0n) is 11.1. The molecule has 2 aromatic rings. The summed E-state index contributed by atoms with van der Waals surface area (Å²) in [7, 11) is 0. The molecule has 20 heavy (non-hydrogen) atoms. The first-order chi connectivity index (χ1) is 9.60. The van der Waals surface area contributed by atoms with Crippen LogP contribution < -0.4 is 10.5 Å². The van der Waals surface area contributed by atoms with Crippen LogP contribution >= 0.6 is 23.6 Å². The highest BCUT2D eigenvalue weighted by atomic mass is 32.1. The van der Waals surface area contributed by atoms with Crippen molar-refractivity contribution in [1.82, 2.24) is 4.98 Å². The molecular formula is C14H15FN2OS2. The SMILES string of the molecule is CCCc1nc(COc2ccc(F)cc2)sc1C(N)=S. The van der Waals surface area contributed by atoms with Crippen LogP contribution in [-0.2, 0) is 13.0 Å². The van der Waals surface area contributed by atoms with Crippen LogP contribution in [-0.4, -0.2) is 9.97 Å². The van der Waals surface area contributed by atoms with E-state index in [9.17, 15) is 4.39 Å². The van der Waals surface area contributed by atoms with Crippen LogP contribution in [0.5, 0.6) is 5.75 Å². The second-order valence-electron chi connectivity index (χ2n) is 4.24. The average molecular weight is 310 g/mol. The summed E-state index contributed by atoms with van der Waals surface area (Å²) < 4.78 is 18.4. The maximum atomic E-state index is 12.8. The molecule has 0 aliphatic carbocycles. The fraction of sp³-hybridized carbons (Fsp3) is 0.286. The molecular weight excluding hydrogens is 295 g/mol. The Balaban J connectivity index is 2.07. The van der Waals surface area contributed by atoms with E-state index in [0.29, 0.717) is 17.3 Å². The minimum atomic E-state index is -0.285. The van der Waals surface area contributed by atoms with Crippen LogP contribution in [0.2, 0.25) is 0 Å². The minimum Gasteiger partial charge on any atom is -0.486 e. The molecule has 1 aromatic carbocycles.